The van der Waals surface area contributed by atoms with Gasteiger partial charge in [-0.15, -0.1) is 16.9 Å². The Morgan fingerprint density at radius 3 is 2.48 bits per heavy atom. The molecule has 0 atom stereocenters. The second-order valence-corrected chi connectivity index (χ2v) is 6.09. The van der Waals surface area contributed by atoms with Gasteiger partial charge in [0.1, 0.15) is 0 Å². The van der Waals surface area contributed by atoms with Gasteiger partial charge in [0.25, 0.3) is 0 Å². The normalized spacial score (nSPS) is 10.7. The molecule has 6 heteroatoms. The Morgan fingerprint density at radius 1 is 1.13 bits per heavy atom. The molecule has 0 saturated heterocycles. The van der Waals surface area contributed by atoms with E-state index in [-0.39, 0.29) is 5.69 Å². The van der Waals surface area contributed by atoms with Crippen molar-refractivity contribution in [3.05, 3.63) is 71.5 Å². The number of aromatic carboxylic acids is 1. The molecule has 0 aliphatic carbocycles. The molecule has 0 bridgehead atoms. The lowest BCUT2D eigenvalue weighted by Crippen LogP contribution is -2.06. The van der Waals surface area contributed by atoms with Crippen LogP contribution in [0.1, 0.15) is 21.7 Å². The number of thioether (sulfide) groups is 1. The maximum Gasteiger partial charge on any atom is 0.358 e. The van der Waals surface area contributed by atoms with Gasteiger partial charge in [-0.1, -0.05) is 41.1 Å². The van der Waals surface area contributed by atoms with Crippen molar-refractivity contribution in [1.82, 2.24) is 15.0 Å². The molecule has 0 spiro atoms. The van der Waals surface area contributed by atoms with Crippen LogP contribution in [-0.2, 0) is 5.75 Å². The number of carboxylic acid groups (broad SMARTS) is 1. The average molecular weight is 325 g/mol. The Kier molecular flexibility index (Phi) is 4.43. The van der Waals surface area contributed by atoms with Crippen molar-refractivity contribution in [3.8, 4) is 5.69 Å². The highest BCUT2D eigenvalue weighted by Gasteiger charge is 2.20. The Labute approximate surface area is 138 Å². The van der Waals surface area contributed by atoms with Gasteiger partial charge in [0.05, 0.1) is 11.4 Å². The van der Waals surface area contributed by atoms with E-state index in [0.29, 0.717) is 11.4 Å². The van der Waals surface area contributed by atoms with E-state index in [1.165, 1.54) is 0 Å². The first-order valence-electron chi connectivity index (χ1n) is 7.08. The third-order valence-electron chi connectivity index (χ3n) is 3.36. The number of hydrogen-bond acceptors (Lipinski definition) is 4. The maximum atomic E-state index is 11.4. The first kappa shape index (κ1) is 15.3. The Hall–Kier alpha value is -2.60. The molecule has 0 aliphatic heterocycles. The largest absolute Gasteiger partial charge is 0.476 e. The zero-order valence-corrected chi connectivity index (χ0v) is 13.3. The van der Waals surface area contributed by atoms with Crippen LogP contribution in [0.2, 0.25) is 0 Å². The highest BCUT2D eigenvalue weighted by atomic mass is 32.2. The minimum Gasteiger partial charge on any atom is -0.476 e. The topological polar surface area (TPSA) is 68.0 Å². The van der Waals surface area contributed by atoms with Gasteiger partial charge in [-0.2, -0.15) is 0 Å². The Bertz CT molecular complexity index is 814. The number of carbonyl (C=O) groups is 1. The van der Waals surface area contributed by atoms with E-state index < -0.39 is 5.97 Å². The van der Waals surface area contributed by atoms with Crippen molar-refractivity contribution in [1.29, 1.82) is 0 Å². The maximum absolute atomic E-state index is 11.4. The fourth-order valence-corrected chi connectivity index (χ4v) is 3.07. The second-order valence-electron chi connectivity index (χ2n) is 5.04. The summed E-state index contributed by atoms with van der Waals surface area (Å²) in [5, 5.41) is 17.2. The fourth-order valence-electron chi connectivity index (χ4n) is 2.16. The van der Waals surface area contributed by atoms with E-state index in [9.17, 15) is 9.90 Å². The lowest BCUT2D eigenvalue weighted by molar-refractivity contribution is 0.0689. The van der Waals surface area contributed by atoms with Crippen molar-refractivity contribution in [2.75, 3.05) is 0 Å². The summed E-state index contributed by atoms with van der Waals surface area (Å²) in [5.74, 6) is -0.584. The van der Waals surface area contributed by atoms with Crippen molar-refractivity contribution in [2.45, 2.75) is 17.6 Å². The molecule has 3 rings (SSSR count). The predicted molar refractivity (Wildman–Crippen MR) is 89.1 cm³/mol. The van der Waals surface area contributed by atoms with Gasteiger partial charge < -0.3 is 5.11 Å². The molecule has 0 radical (unpaired) electrons. The summed E-state index contributed by atoms with van der Waals surface area (Å²) in [7, 11) is 0. The molecule has 1 aromatic heterocycles. The summed E-state index contributed by atoms with van der Waals surface area (Å²) >= 11 is 1.56. The summed E-state index contributed by atoms with van der Waals surface area (Å²) in [6, 6.07) is 17.6. The first-order chi connectivity index (χ1) is 11.1. The van der Waals surface area contributed by atoms with Crippen LogP contribution >= 0.6 is 11.8 Å². The summed E-state index contributed by atoms with van der Waals surface area (Å²) in [5.41, 5.74) is 2.51. The van der Waals surface area contributed by atoms with Gasteiger partial charge in [0.15, 0.2) is 5.69 Å². The van der Waals surface area contributed by atoms with Crippen LogP contribution in [-0.4, -0.2) is 26.1 Å². The van der Waals surface area contributed by atoms with Crippen LogP contribution < -0.4 is 0 Å². The monoisotopic (exact) mass is 325 g/mol. The van der Waals surface area contributed by atoms with Gasteiger partial charge in [-0.05, 0) is 31.2 Å². The SMILES string of the molecule is Cc1ccc(-n2nnc(C(=O)O)c2CSc2ccccc2)cc1. The minimum atomic E-state index is -1.06. The molecule has 0 aliphatic rings. The first-order valence-corrected chi connectivity index (χ1v) is 8.06. The van der Waals surface area contributed by atoms with Gasteiger partial charge >= 0.3 is 5.97 Å². The number of rotatable bonds is 5. The molecule has 116 valence electrons. The van der Waals surface area contributed by atoms with E-state index in [4.69, 9.17) is 0 Å². The summed E-state index contributed by atoms with van der Waals surface area (Å²) in [6.45, 7) is 2.00. The average Bonchev–Trinajstić information content (AvgIpc) is 2.99. The predicted octanol–water partition coefficient (Wildman–Crippen LogP) is 3.57. The lowest BCUT2D eigenvalue weighted by Gasteiger charge is -2.07. The van der Waals surface area contributed by atoms with E-state index in [2.05, 4.69) is 10.3 Å². The number of hydrogen-bond donors (Lipinski definition) is 1. The molecule has 2 aromatic carbocycles. The number of aromatic nitrogens is 3. The third-order valence-corrected chi connectivity index (χ3v) is 4.39. The highest BCUT2D eigenvalue weighted by molar-refractivity contribution is 7.98. The van der Waals surface area contributed by atoms with Crippen LogP contribution in [0.4, 0.5) is 0 Å². The molecule has 0 saturated carbocycles. The molecule has 0 fully saturated rings. The van der Waals surface area contributed by atoms with Crippen molar-refractivity contribution in [3.63, 3.8) is 0 Å². The molecule has 23 heavy (non-hydrogen) atoms. The second kappa shape index (κ2) is 6.66. The van der Waals surface area contributed by atoms with Gasteiger partial charge in [-0.25, -0.2) is 9.48 Å². The number of aryl methyl sites for hydroxylation is 1. The molecule has 0 unspecified atom stereocenters. The summed E-state index contributed by atoms with van der Waals surface area (Å²) in [6.07, 6.45) is 0. The highest BCUT2D eigenvalue weighted by Crippen LogP contribution is 2.25. The quantitative estimate of drug-likeness (QED) is 0.726. The summed E-state index contributed by atoms with van der Waals surface area (Å²) < 4.78 is 1.60. The number of carboxylic acids is 1. The Morgan fingerprint density at radius 2 is 1.83 bits per heavy atom. The Balaban J connectivity index is 1.94. The molecule has 1 N–H and O–H groups in total. The van der Waals surface area contributed by atoms with E-state index in [0.717, 1.165) is 16.1 Å². The van der Waals surface area contributed by atoms with Gasteiger partial charge in [0, 0.05) is 10.6 Å². The zero-order valence-electron chi connectivity index (χ0n) is 12.5. The van der Waals surface area contributed by atoms with E-state index in [1.807, 2.05) is 61.5 Å². The fraction of sp³-hybridized carbons (Fsp3) is 0.118. The van der Waals surface area contributed by atoms with Crippen LogP contribution in [0, 0.1) is 6.92 Å². The zero-order chi connectivity index (χ0) is 16.2. The lowest BCUT2D eigenvalue weighted by atomic mass is 10.2. The molecule has 3 aromatic rings. The minimum absolute atomic E-state index is 0.00555. The number of nitrogens with zero attached hydrogens (tertiary/aromatic N) is 3. The van der Waals surface area contributed by atoms with Gasteiger partial charge in [0.2, 0.25) is 0 Å². The van der Waals surface area contributed by atoms with Crippen molar-refractivity contribution >= 4 is 17.7 Å². The third kappa shape index (κ3) is 3.43. The van der Waals surface area contributed by atoms with Crippen LogP contribution in [0.25, 0.3) is 5.69 Å². The van der Waals surface area contributed by atoms with E-state index >= 15 is 0 Å². The van der Waals surface area contributed by atoms with Crippen LogP contribution in [0.5, 0.6) is 0 Å². The van der Waals surface area contributed by atoms with Crippen LogP contribution in [0.3, 0.4) is 0 Å². The standard InChI is InChI=1S/C17H15N3O2S/c1-12-7-9-13(10-8-12)20-15(16(17(21)22)18-19-20)11-23-14-5-3-2-4-6-14/h2-10H,11H2,1H3,(H,21,22). The molecular formula is C17H15N3O2S. The summed E-state index contributed by atoms with van der Waals surface area (Å²) in [4.78, 5) is 12.5. The number of benzene rings is 2. The van der Waals surface area contributed by atoms with Crippen molar-refractivity contribution < 1.29 is 9.90 Å². The molecule has 5 nitrogen and oxygen atoms in total. The molecule has 1 heterocycles. The van der Waals surface area contributed by atoms with Gasteiger partial charge in [-0.3, -0.25) is 0 Å². The van der Waals surface area contributed by atoms with E-state index in [1.54, 1.807) is 16.4 Å². The smallest absolute Gasteiger partial charge is 0.358 e. The van der Waals surface area contributed by atoms with Crippen LogP contribution in [0.15, 0.2) is 59.5 Å². The molecular weight excluding hydrogens is 310 g/mol. The molecule has 0 amide bonds. The van der Waals surface area contributed by atoms with Crippen molar-refractivity contribution in [2.24, 2.45) is 0 Å².